The van der Waals surface area contributed by atoms with Crippen LogP contribution in [0.5, 0.6) is 23.0 Å². The maximum atomic E-state index is 14.2. The number of rotatable bonds is 26. The van der Waals surface area contributed by atoms with Crippen LogP contribution in [0.2, 0.25) is 0 Å². The first-order valence-corrected chi connectivity index (χ1v) is 28.4. The molecule has 0 bridgehead atoms. The molecule has 2 N–H and O–H groups in total. The van der Waals surface area contributed by atoms with E-state index in [0.29, 0.717) is 92.0 Å². The molecule has 0 aliphatic carbocycles. The number of unbranched alkanes of at least 4 members (excludes halogenated alkanes) is 4. The second-order valence-electron chi connectivity index (χ2n) is 22.4. The molecule has 1 saturated heterocycles. The molecule has 8 rings (SSSR count). The van der Waals surface area contributed by atoms with Gasteiger partial charge in [-0.05, 0) is 94.9 Å². The summed E-state index contributed by atoms with van der Waals surface area (Å²) in [6, 6.07) is 11.5. The monoisotopic (exact) mass is 1140 g/mol. The van der Waals surface area contributed by atoms with Gasteiger partial charge in [-0.1, -0.05) is 70.0 Å². The van der Waals surface area contributed by atoms with Crippen molar-refractivity contribution >= 4 is 64.8 Å². The van der Waals surface area contributed by atoms with Gasteiger partial charge in [0.2, 0.25) is 17.7 Å². The summed E-state index contributed by atoms with van der Waals surface area (Å²) in [5, 5.41) is 14.7. The Labute approximate surface area is 486 Å². The summed E-state index contributed by atoms with van der Waals surface area (Å²) in [7, 11) is 2.97. The van der Waals surface area contributed by atoms with Gasteiger partial charge in [0.05, 0.1) is 68.1 Å². The van der Waals surface area contributed by atoms with Gasteiger partial charge in [0, 0.05) is 74.8 Å². The molecule has 6 atom stereocenters. The lowest BCUT2D eigenvalue weighted by Gasteiger charge is -2.31. The fourth-order valence-electron chi connectivity index (χ4n) is 11.0. The van der Waals surface area contributed by atoms with Crippen molar-refractivity contribution in [1.82, 2.24) is 20.0 Å². The Morgan fingerprint density at radius 3 is 2.01 bits per heavy atom. The van der Waals surface area contributed by atoms with Crippen LogP contribution in [0.25, 0.3) is 0 Å². The summed E-state index contributed by atoms with van der Waals surface area (Å²) in [4.78, 5) is 116. The summed E-state index contributed by atoms with van der Waals surface area (Å²) >= 11 is 0. The normalized spacial score (nSPS) is 19.6. The molecule has 0 aromatic heterocycles. The van der Waals surface area contributed by atoms with Crippen molar-refractivity contribution in [3.63, 3.8) is 0 Å². The molecule has 5 heterocycles. The van der Waals surface area contributed by atoms with E-state index in [-0.39, 0.29) is 122 Å². The molecule has 83 heavy (non-hydrogen) atoms. The number of hydrogen-bond donors (Lipinski definition) is 2. The highest BCUT2D eigenvalue weighted by Crippen LogP contribution is 2.43. The van der Waals surface area contributed by atoms with Gasteiger partial charge in [0.25, 0.3) is 11.8 Å². The lowest BCUT2D eigenvalue weighted by molar-refractivity contribution is -0.139. The van der Waals surface area contributed by atoms with Crippen LogP contribution in [0.1, 0.15) is 151 Å². The maximum Gasteiger partial charge on any atom is 0.416 e. The molecular weight excluding hydrogens is 1060 g/mol. The number of aliphatic hydroxyl groups is 1. The second kappa shape index (κ2) is 27.9. The predicted molar refractivity (Wildman–Crippen MR) is 311 cm³/mol. The molecular formula is C63H80N6O14. The van der Waals surface area contributed by atoms with Gasteiger partial charge in [0.15, 0.2) is 35.0 Å². The predicted octanol–water partition coefficient (Wildman–Crippen LogP) is 9.20. The van der Waals surface area contributed by atoms with Gasteiger partial charge in [-0.3, -0.25) is 43.5 Å². The highest BCUT2D eigenvalue weighted by atomic mass is 16.6. The minimum Gasteiger partial charge on any atom is -0.493 e. The van der Waals surface area contributed by atoms with Gasteiger partial charge in [0.1, 0.15) is 12.4 Å². The smallest absolute Gasteiger partial charge is 0.416 e. The largest absolute Gasteiger partial charge is 0.493 e. The molecule has 0 saturated carbocycles. The molecule has 5 aliphatic heterocycles. The van der Waals surface area contributed by atoms with Crippen LogP contribution in [0.15, 0.2) is 77.1 Å². The van der Waals surface area contributed by atoms with Crippen LogP contribution >= 0.6 is 0 Å². The number of nitrogens with one attached hydrogen (secondary N) is 1. The Morgan fingerprint density at radius 2 is 1.36 bits per heavy atom. The molecule has 6 amide bonds. The lowest BCUT2D eigenvalue weighted by atomic mass is 9.88. The third kappa shape index (κ3) is 14.7. The van der Waals surface area contributed by atoms with Crippen LogP contribution in [0.4, 0.5) is 16.2 Å². The van der Waals surface area contributed by atoms with Crippen molar-refractivity contribution < 1.29 is 67.1 Å². The number of ketones is 2. The molecule has 1 unspecified atom stereocenters. The fourth-order valence-corrected chi connectivity index (χ4v) is 11.0. The molecule has 20 nitrogen and oxygen atoms in total. The maximum absolute atomic E-state index is 14.2. The van der Waals surface area contributed by atoms with Gasteiger partial charge in [-0.15, -0.1) is 0 Å². The highest BCUT2D eigenvalue weighted by Gasteiger charge is 2.45. The van der Waals surface area contributed by atoms with E-state index >= 15 is 0 Å². The van der Waals surface area contributed by atoms with Gasteiger partial charge in [-0.25, -0.2) is 9.69 Å². The summed E-state index contributed by atoms with van der Waals surface area (Å²) < 4.78 is 29.5. The zero-order valence-corrected chi connectivity index (χ0v) is 48.2. The third-order valence-corrected chi connectivity index (χ3v) is 15.7. The molecule has 1 fully saturated rings. The number of methoxy groups -OCH3 is 2. The van der Waals surface area contributed by atoms with Crippen molar-refractivity contribution in [3.05, 3.63) is 94.3 Å². The first-order valence-electron chi connectivity index (χ1n) is 28.4. The van der Waals surface area contributed by atoms with E-state index in [0.717, 1.165) is 22.5 Å². The number of likely N-dealkylation sites (tertiary alicyclic amines) is 1. The quantitative estimate of drug-likeness (QED) is 0.0563. The lowest BCUT2D eigenvalue weighted by Crippen LogP contribution is -2.50. The number of aliphatic imine (C=N–C) groups is 1. The first-order chi connectivity index (χ1) is 39.3. The molecule has 3 aromatic carbocycles. The summed E-state index contributed by atoms with van der Waals surface area (Å²) in [5.41, 5.74) is 4.32. The van der Waals surface area contributed by atoms with Crippen LogP contribution < -0.4 is 29.2 Å². The highest BCUT2D eigenvalue weighted by molar-refractivity contribution is 6.07. The molecule has 0 spiro atoms. The third-order valence-electron chi connectivity index (χ3n) is 15.7. The van der Waals surface area contributed by atoms with E-state index in [1.807, 2.05) is 33.9 Å². The molecule has 3 aromatic rings. The van der Waals surface area contributed by atoms with Crippen molar-refractivity contribution in [2.24, 2.45) is 22.7 Å². The number of amides is 6. The minimum atomic E-state index is -1.50. The van der Waals surface area contributed by atoms with Crippen molar-refractivity contribution in [1.29, 1.82) is 0 Å². The standard InChI is InChI=1S/C62H76N6O14.CH4/c1-36(2)45(27-44(69)15-11-9-12-20-65-56(71)25-39(5)58(65)73)57(72)64-40(6)51(70)26-41-16-18-42(19-17-41)35-82-62(77)68-49-31-55(53(79-8)29-47(49)60(75)67-34-38(4)24-50(67)61(68)76)81-22-14-10-13-21-80-54-30-48-46(28-52(54)78-7)59(74)66-33-37(3)23-43(66)32-63-48;/h16-19,28-34,36,39-40,43,45,50,61,76H,9-15,20-27,35H2,1-8H3,(H,64,72);1H4/t39?,40-,43-,45-,50-,61-;/m0./s1. The average Bonchev–Trinajstić information content (AvgIpc) is 2.44. The number of hydrogen-bond acceptors (Lipinski definition) is 15. The number of ether oxygens (including phenoxy) is 5. The van der Waals surface area contributed by atoms with Crippen molar-refractivity contribution in [3.8, 4) is 23.0 Å². The SMILES string of the molecule is C.COc1cc2c(cc1OCCCCCOc1cc3c(cc1OC)C(=O)N1C=C(C)C[C@H]1[C@H](O)N3C(=O)OCc1ccc(CC(=O)[C@H](C)NC(=O)[C@@H](CC(=O)CCCCCN3C(=O)CC(C)C3=O)C(C)C)cc1)N=C[C@@H]1CC(C)=CN1C2=O. The summed E-state index contributed by atoms with van der Waals surface area (Å²) in [6.45, 7) is 11.6. The van der Waals surface area contributed by atoms with Crippen molar-refractivity contribution in [2.45, 2.75) is 157 Å². The van der Waals surface area contributed by atoms with Gasteiger partial charge >= 0.3 is 6.09 Å². The van der Waals surface area contributed by atoms with Crippen LogP contribution in [-0.4, -0.2) is 132 Å². The number of imide groups is 1. The zero-order chi connectivity index (χ0) is 58.9. The summed E-state index contributed by atoms with van der Waals surface area (Å²) in [6.07, 6.45) is 8.32. The Balaban J connectivity index is 0.00000990. The van der Waals surface area contributed by atoms with Crippen LogP contribution in [-0.2, 0) is 41.7 Å². The minimum absolute atomic E-state index is 0. The average molecular weight is 1150 g/mol. The zero-order valence-electron chi connectivity index (χ0n) is 48.2. The van der Waals surface area contributed by atoms with Gasteiger partial charge < -0.3 is 43.9 Å². The van der Waals surface area contributed by atoms with E-state index in [9.17, 15) is 43.5 Å². The second-order valence-corrected chi connectivity index (χ2v) is 22.4. The van der Waals surface area contributed by atoms with E-state index in [1.54, 1.807) is 67.6 Å². The van der Waals surface area contributed by atoms with Gasteiger partial charge in [-0.2, -0.15) is 0 Å². The molecule has 446 valence electrons. The number of nitrogens with zero attached hydrogens (tertiary/aromatic N) is 5. The number of carbonyl (C=O) groups excluding carboxylic acids is 8. The number of anilines is 1. The number of carbonyl (C=O) groups is 8. The topological polar surface area (TPSA) is 240 Å². The fraction of sp³-hybridized carbons (Fsp3) is 0.508. The Kier molecular flexibility index (Phi) is 21.1. The van der Waals surface area contributed by atoms with E-state index in [1.165, 1.54) is 36.2 Å². The Morgan fingerprint density at radius 1 is 0.747 bits per heavy atom. The van der Waals surface area contributed by atoms with Crippen molar-refractivity contribution in [2.75, 3.05) is 38.9 Å². The number of fused-ring (bicyclic) bond motifs is 4. The Bertz CT molecular complexity index is 3040. The number of Topliss-reactive ketones (excluding diaryl/α,β-unsaturated/α-hetero) is 2. The first kappa shape index (κ1) is 62.7. The van der Waals surface area contributed by atoms with Crippen LogP contribution in [0, 0.1) is 17.8 Å². The summed E-state index contributed by atoms with van der Waals surface area (Å²) in [5.74, 6) is -1.24. The van der Waals surface area contributed by atoms with E-state index < -0.39 is 36.2 Å². The van der Waals surface area contributed by atoms with E-state index in [2.05, 4.69) is 10.3 Å². The molecule has 5 aliphatic rings. The van der Waals surface area contributed by atoms with Crippen LogP contribution in [0.3, 0.4) is 0 Å². The number of benzene rings is 3. The Hall–Kier alpha value is -7.87. The molecule has 20 heteroatoms. The molecule has 0 radical (unpaired) electrons. The number of aliphatic hydroxyl groups excluding tert-OH is 1. The van der Waals surface area contributed by atoms with E-state index in [4.69, 9.17) is 23.7 Å².